The second-order valence-corrected chi connectivity index (χ2v) is 3.34. The van der Waals surface area contributed by atoms with Gasteiger partial charge in [0.15, 0.2) is 0 Å². The lowest BCUT2D eigenvalue weighted by Gasteiger charge is -2.11. The fourth-order valence-corrected chi connectivity index (χ4v) is 1.10. The summed E-state index contributed by atoms with van der Waals surface area (Å²) in [6.07, 6.45) is -0.537. The number of hydrogen-bond acceptors (Lipinski definition) is 5. The fraction of sp³-hybridized carbons (Fsp3) is 0.222. The van der Waals surface area contributed by atoms with Crippen LogP contribution in [-0.4, -0.2) is 39.1 Å². The third-order valence-electron chi connectivity index (χ3n) is 1.92. The monoisotopic (exact) mass is 254 g/mol. The zero-order valence-corrected chi connectivity index (χ0v) is 9.04. The van der Waals surface area contributed by atoms with Gasteiger partial charge in [0.05, 0.1) is 6.42 Å². The highest BCUT2D eigenvalue weighted by Gasteiger charge is 2.23. The number of carbonyl (C=O) groups excluding carboxylic acids is 2. The Labute approximate surface area is 100.0 Å². The Balaban J connectivity index is 2.78. The molecule has 0 bridgehead atoms. The third kappa shape index (κ3) is 3.70. The average molecular weight is 254 g/mol. The van der Waals surface area contributed by atoms with Gasteiger partial charge in [0.25, 0.3) is 11.5 Å². The number of carbonyl (C=O) groups is 3. The quantitative estimate of drug-likeness (QED) is 0.468. The molecule has 1 atom stereocenters. The summed E-state index contributed by atoms with van der Waals surface area (Å²) < 4.78 is 0. The van der Waals surface area contributed by atoms with Crippen LogP contribution >= 0.6 is 0 Å². The summed E-state index contributed by atoms with van der Waals surface area (Å²) in [5, 5.41) is 16.3. The van der Waals surface area contributed by atoms with E-state index in [-0.39, 0.29) is 5.69 Å². The predicted molar refractivity (Wildman–Crippen MR) is 57.6 cm³/mol. The first-order valence-corrected chi connectivity index (χ1v) is 4.78. The Hall–Kier alpha value is -2.71. The molecule has 0 aliphatic rings. The number of nitrogens with one attached hydrogen (secondary N) is 2. The summed E-state index contributed by atoms with van der Waals surface area (Å²) in [5.41, 5.74) is 4.17. The topological polar surface area (TPSA) is 155 Å². The molecule has 0 aromatic carbocycles. The molecular formula is C9H10N4O5. The van der Waals surface area contributed by atoms with Crippen LogP contribution in [-0.2, 0) is 9.59 Å². The molecule has 1 unspecified atom stereocenters. The lowest BCUT2D eigenvalue weighted by molar-refractivity contribution is -0.140. The van der Waals surface area contributed by atoms with E-state index in [4.69, 9.17) is 10.8 Å². The summed E-state index contributed by atoms with van der Waals surface area (Å²) >= 11 is 0. The number of aromatic amines is 1. The van der Waals surface area contributed by atoms with Crippen molar-refractivity contribution in [2.24, 2.45) is 5.73 Å². The molecule has 0 radical (unpaired) electrons. The molecule has 0 aliphatic heterocycles. The van der Waals surface area contributed by atoms with E-state index >= 15 is 0 Å². The fourth-order valence-electron chi connectivity index (χ4n) is 1.10. The van der Waals surface area contributed by atoms with Gasteiger partial charge in [0.2, 0.25) is 5.91 Å². The number of hydrogen-bond donors (Lipinski definition) is 4. The molecule has 1 aromatic rings. The number of H-pyrrole nitrogens is 1. The first-order valence-electron chi connectivity index (χ1n) is 4.78. The maximum Gasteiger partial charge on any atom is 0.326 e. The number of rotatable bonds is 5. The van der Waals surface area contributed by atoms with Crippen molar-refractivity contribution in [3.8, 4) is 0 Å². The van der Waals surface area contributed by atoms with Gasteiger partial charge in [0.1, 0.15) is 11.7 Å². The number of nitrogens with zero attached hydrogens (tertiary/aromatic N) is 1. The maximum absolute atomic E-state index is 11.5. The van der Waals surface area contributed by atoms with Crippen molar-refractivity contribution in [1.29, 1.82) is 0 Å². The minimum Gasteiger partial charge on any atom is -0.480 e. The van der Waals surface area contributed by atoms with Crippen LogP contribution in [0.3, 0.4) is 0 Å². The van der Waals surface area contributed by atoms with E-state index < -0.39 is 35.8 Å². The Morgan fingerprint density at radius 3 is 2.56 bits per heavy atom. The van der Waals surface area contributed by atoms with Crippen LogP contribution < -0.4 is 16.6 Å². The van der Waals surface area contributed by atoms with Gasteiger partial charge in [-0.2, -0.15) is 5.10 Å². The summed E-state index contributed by atoms with van der Waals surface area (Å²) in [4.78, 5) is 43.6. The van der Waals surface area contributed by atoms with Crippen molar-refractivity contribution in [3.05, 3.63) is 28.2 Å². The second-order valence-electron chi connectivity index (χ2n) is 3.34. The Morgan fingerprint density at radius 1 is 1.44 bits per heavy atom. The zero-order chi connectivity index (χ0) is 13.7. The van der Waals surface area contributed by atoms with E-state index in [1.165, 1.54) is 0 Å². The van der Waals surface area contributed by atoms with Gasteiger partial charge in [-0.3, -0.25) is 14.4 Å². The Morgan fingerprint density at radius 2 is 2.11 bits per heavy atom. The number of aromatic nitrogens is 2. The smallest absolute Gasteiger partial charge is 0.326 e. The predicted octanol–water partition coefficient (Wildman–Crippen LogP) is -2.17. The van der Waals surface area contributed by atoms with Crippen molar-refractivity contribution in [3.63, 3.8) is 0 Å². The Bertz CT molecular complexity index is 518. The molecule has 0 spiro atoms. The van der Waals surface area contributed by atoms with Crippen LogP contribution in [0, 0.1) is 0 Å². The zero-order valence-electron chi connectivity index (χ0n) is 9.04. The van der Waals surface area contributed by atoms with Gasteiger partial charge in [-0.15, -0.1) is 0 Å². The van der Waals surface area contributed by atoms with Gasteiger partial charge in [-0.05, 0) is 6.07 Å². The molecule has 1 rings (SSSR count). The lowest BCUT2D eigenvalue weighted by Crippen LogP contribution is -2.43. The van der Waals surface area contributed by atoms with Crippen LogP contribution in [0.2, 0.25) is 0 Å². The van der Waals surface area contributed by atoms with Crippen molar-refractivity contribution in [1.82, 2.24) is 15.5 Å². The molecule has 9 nitrogen and oxygen atoms in total. The van der Waals surface area contributed by atoms with Crippen LogP contribution in [0.5, 0.6) is 0 Å². The van der Waals surface area contributed by atoms with Crippen LogP contribution in [0.15, 0.2) is 16.9 Å². The van der Waals surface area contributed by atoms with Crippen molar-refractivity contribution >= 4 is 17.8 Å². The Kier molecular flexibility index (Phi) is 4.13. The summed E-state index contributed by atoms with van der Waals surface area (Å²) in [6, 6.07) is 0.743. The molecule has 5 N–H and O–H groups in total. The van der Waals surface area contributed by atoms with E-state index in [0.29, 0.717) is 0 Å². The normalized spacial score (nSPS) is 11.6. The molecule has 96 valence electrons. The standard InChI is InChI=1S/C9H10N4O5/c10-6(14)3-5(9(17)18)11-8(16)4-1-2-7(15)13-12-4/h1-2,5H,3H2,(H2,10,14)(H,11,16)(H,13,15)(H,17,18). The summed E-state index contributed by atoms with van der Waals surface area (Å²) in [5.74, 6) is -3.09. The molecular weight excluding hydrogens is 244 g/mol. The maximum atomic E-state index is 11.5. The van der Waals surface area contributed by atoms with Gasteiger partial charge in [0, 0.05) is 6.07 Å². The number of amides is 2. The first kappa shape index (κ1) is 13.4. The molecule has 9 heteroatoms. The highest BCUT2D eigenvalue weighted by atomic mass is 16.4. The minimum absolute atomic E-state index is 0.176. The van der Waals surface area contributed by atoms with E-state index in [0.717, 1.165) is 12.1 Å². The average Bonchev–Trinajstić information content (AvgIpc) is 2.28. The van der Waals surface area contributed by atoms with E-state index in [1.54, 1.807) is 0 Å². The van der Waals surface area contributed by atoms with Crippen molar-refractivity contribution in [2.45, 2.75) is 12.5 Å². The summed E-state index contributed by atoms with van der Waals surface area (Å²) in [6.45, 7) is 0. The SMILES string of the molecule is NC(=O)CC(NC(=O)c1ccc(=O)[nH]n1)C(=O)O. The molecule has 0 fully saturated rings. The first-order chi connectivity index (χ1) is 8.40. The van der Waals surface area contributed by atoms with Gasteiger partial charge >= 0.3 is 5.97 Å². The van der Waals surface area contributed by atoms with Gasteiger partial charge in [-0.25, -0.2) is 9.89 Å². The molecule has 0 saturated carbocycles. The number of carboxylic acid groups (broad SMARTS) is 1. The van der Waals surface area contributed by atoms with Gasteiger partial charge < -0.3 is 16.2 Å². The highest BCUT2D eigenvalue weighted by Crippen LogP contribution is 1.95. The molecule has 2 amide bonds. The largest absolute Gasteiger partial charge is 0.480 e. The second kappa shape index (κ2) is 5.57. The van der Waals surface area contributed by atoms with Crippen molar-refractivity contribution in [2.75, 3.05) is 0 Å². The van der Waals surface area contributed by atoms with Crippen molar-refractivity contribution < 1.29 is 19.5 Å². The van der Waals surface area contributed by atoms with E-state index in [1.807, 2.05) is 5.10 Å². The van der Waals surface area contributed by atoms with Crippen LogP contribution in [0.4, 0.5) is 0 Å². The molecule has 0 saturated heterocycles. The minimum atomic E-state index is -1.44. The number of primary amides is 1. The number of aliphatic carboxylic acids is 1. The van der Waals surface area contributed by atoms with Crippen LogP contribution in [0.1, 0.15) is 16.9 Å². The lowest BCUT2D eigenvalue weighted by atomic mass is 10.2. The highest BCUT2D eigenvalue weighted by molar-refractivity contribution is 5.95. The third-order valence-corrected chi connectivity index (χ3v) is 1.92. The molecule has 1 heterocycles. The van der Waals surface area contributed by atoms with E-state index in [2.05, 4.69) is 10.4 Å². The summed E-state index contributed by atoms with van der Waals surface area (Å²) in [7, 11) is 0. The van der Waals surface area contributed by atoms with Gasteiger partial charge in [-0.1, -0.05) is 0 Å². The molecule has 18 heavy (non-hydrogen) atoms. The number of nitrogens with two attached hydrogens (primary N) is 1. The molecule has 1 aromatic heterocycles. The van der Waals surface area contributed by atoms with E-state index in [9.17, 15) is 19.2 Å². The molecule has 0 aliphatic carbocycles. The van der Waals surface area contributed by atoms with Crippen LogP contribution in [0.25, 0.3) is 0 Å². The number of carboxylic acids is 1.